The minimum atomic E-state index is -1.01. The molecule has 1 aromatic heterocycles. The van der Waals surface area contributed by atoms with Gasteiger partial charge in [-0.15, -0.1) is 0 Å². The van der Waals surface area contributed by atoms with Gasteiger partial charge in [-0.05, 0) is 68.3 Å². The SMILES string of the molecule is CCOc1ccc(C2/C(=C(\O)c3cc(C)ccc3C)C(=O)C(=O)N2c2nc3ccc(F)cc3s2)cc1OC. The number of rotatable bonds is 6. The Morgan fingerprint density at radius 3 is 2.61 bits per heavy atom. The second-order valence-electron chi connectivity index (χ2n) is 8.94. The van der Waals surface area contributed by atoms with E-state index in [4.69, 9.17) is 9.47 Å². The summed E-state index contributed by atoms with van der Waals surface area (Å²) < 4.78 is 25.6. The molecular weight excluding hydrogens is 507 g/mol. The largest absolute Gasteiger partial charge is 0.507 e. The van der Waals surface area contributed by atoms with Crippen molar-refractivity contribution in [3.05, 3.63) is 88.2 Å². The number of aliphatic hydroxyl groups is 1. The number of halogens is 1. The van der Waals surface area contributed by atoms with E-state index in [9.17, 15) is 19.1 Å². The van der Waals surface area contributed by atoms with Crippen LogP contribution in [0.3, 0.4) is 0 Å². The van der Waals surface area contributed by atoms with E-state index >= 15 is 0 Å². The number of hydrogen-bond acceptors (Lipinski definition) is 7. The molecule has 1 unspecified atom stereocenters. The second kappa shape index (κ2) is 9.90. The third-order valence-electron chi connectivity index (χ3n) is 6.44. The molecule has 3 aromatic carbocycles. The van der Waals surface area contributed by atoms with Gasteiger partial charge in [-0.2, -0.15) is 0 Å². The Labute approximate surface area is 222 Å². The van der Waals surface area contributed by atoms with Gasteiger partial charge in [0, 0.05) is 5.56 Å². The fourth-order valence-electron chi connectivity index (χ4n) is 4.60. The molecule has 4 aromatic rings. The number of ketones is 1. The van der Waals surface area contributed by atoms with Gasteiger partial charge in [0.25, 0.3) is 5.78 Å². The van der Waals surface area contributed by atoms with E-state index < -0.39 is 23.5 Å². The molecule has 1 amide bonds. The molecule has 0 radical (unpaired) electrons. The minimum Gasteiger partial charge on any atom is -0.507 e. The van der Waals surface area contributed by atoms with E-state index in [0.717, 1.165) is 22.5 Å². The maximum absolute atomic E-state index is 13.9. The minimum absolute atomic E-state index is 0.0691. The maximum atomic E-state index is 13.9. The predicted molar refractivity (Wildman–Crippen MR) is 144 cm³/mol. The van der Waals surface area contributed by atoms with E-state index in [1.54, 1.807) is 24.3 Å². The van der Waals surface area contributed by atoms with Crippen LogP contribution in [-0.4, -0.2) is 35.5 Å². The van der Waals surface area contributed by atoms with Crippen LogP contribution in [0.1, 0.15) is 35.2 Å². The lowest BCUT2D eigenvalue weighted by Crippen LogP contribution is -2.29. The number of ether oxygens (including phenoxy) is 2. The van der Waals surface area contributed by atoms with Crippen LogP contribution >= 0.6 is 11.3 Å². The molecule has 0 saturated carbocycles. The first-order valence-corrected chi connectivity index (χ1v) is 12.8. The molecule has 0 aliphatic carbocycles. The van der Waals surface area contributed by atoms with Crippen molar-refractivity contribution in [2.24, 2.45) is 0 Å². The summed E-state index contributed by atoms with van der Waals surface area (Å²) in [6, 6.07) is 13.7. The van der Waals surface area contributed by atoms with Gasteiger partial charge in [-0.1, -0.05) is 35.1 Å². The Morgan fingerprint density at radius 1 is 1.08 bits per heavy atom. The molecule has 1 aliphatic heterocycles. The van der Waals surface area contributed by atoms with Crippen LogP contribution in [0.25, 0.3) is 16.0 Å². The van der Waals surface area contributed by atoms with Gasteiger partial charge in [-0.25, -0.2) is 9.37 Å². The summed E-state index contributed by atoms with van der Waals surface area (Å²) >= 11 is 1.09. The molecule has 1 aliphatic rings. The molecule has 0 bridgehead atoms. The average Bonchev–Trinajstić information content (AvgIpc) is 3.43. The van der Waals surface area contributed by atoms with Crippen molar-refractivity contribution in [3.8, 4) is 11.5 Å². The number of aromatic nitrogens is 1. The summed E-state index contributed by atoms with van der Waals surface area (Å²) in [6.45, 7) is 5.97. The average molecular weight is 533 g/mol. The molecule has 1 atom stereocenters. The zero-order valence-electron chi connectivity index (χ0n) is 21.2. The summed E-state index contributed by atoms with van der Waals surface area (Å²) in [5.74, 6) is -1.48. The molecule has 194 valence electrons. The lowest BCUT2D eigenvalue weighted by molar-refractivity contribution is -0.132. The highest BCUT2D eigenvalue weighted by Crippen LogP contribution is 2.46. The Balaban J connectivity index is 1.76. The van der Waals surface area contributed by atoms with Crippen molar-refractivity contribution in [2.45, 2.75) is 26.8 Å². The number of amides is 1. The number of fused-ring (bicyclic) bond motifs is 1. The molecule has 9 heteroatoms. The van der Waals surface area contributed by atoms with E-state index in [2.05, 4.69) is 4.98 Å². The van der Waals surface area contributed by atoms with Crippen molar-refractivity contribution >= 4 is 44.1 Å². The molecule has 38 heavy (non-hydrogen) atoms. The number of carbonyl (C=O) groups excluding carboxylic acids is 2. The maximum Gasteiger partial charge on any atom is 0.301 e. The number of benzene rings is 3. The highest BCUT2D eigenvalue weighted by molar-refractivity contribution is 7.22. The smallest absolute Gasteiger partial charge is 0.301 e. The van der Waals surface area contributed by atoms with Crippen LogP contribution in [-0.2, 0) is 9.59 Å². The van der Waals surface area contributed by atoms with Crippen LogP contribution in [0.4, 0.5) is 9.52 Å². The van der Waals surface area contributed by atoms with E-state index in [1.807, 2.05) is 32.9 Å². The van der Waals surface area contributed by atoms with Crippen LogP contribution in [0.15, 0.2) is 60.2 Å². The summed E-state index contributed by atoms with van der Waals surface area (Å²) in [4.78, 5) is 32.8. The van der Waals surface area contributed by atoms with E-state index in [1.165, 1.54) is 30.2 Å². The van der Waals surface area contributed by atoms with Gasteiger partial charge < -0.3 is 14.6 Å². The summed E-state index contributed by atoms with van der Waals surface area (Å²) in [6.07, 6.45) is 0. The lowest BCUT2D eigenvalue weighted by atomic mass is 9.93. The number of carbonyl (C=O) groups is 2. The lowest BCUT2D eigenvalue weighted by Gasteiger charge is -2.24. The number of aryl methyl sites for hydroxylation is 2. The Bertz CT molecular complexity index is 1630. The Morgan fingerprint density at radius 2 is 1.87 bits per heavy atom. The standard InChI is InChI=1S/C29H25FN2O5S/c1-5-37-21-11-8-17(13-22(21)36-4)25-24(26(33)19-12-15(2)6-7-16(19)3)27(34)28(35)32(25)29-31-20-10-9-18(30)14-23(20)38-29/h6-14,25,33H,5H2,1-4H3/b26-24+. The fraction of sp³-hybridized carbons (Fsp3) is 0.207. The van der Waals surface area contributed by atoms with Gasteiger partial charge in [0.1, 0.15) is 11.6 Å². The van der Waals surface area contributed by atoms with Crippen LogP contribution in [0, 0.1) is 19.7 Å². The van der Waals surface area contributed by atoms with Gasteiger partial charge in [0.2, 0.25) is 0 Å². The first-order valence-electron chi connectivity index (χ1n) is 12.0. The van der Waals surface area contributed by atoms with Crippen molar-refractivity contribution in [2.75, 3.05) is 18.6 Å². The van der Waals surface area contributed by atoms with Crippen molar-refractivity contribution in [1.82, 2.24) is 4.98 Å². The normalized spacial score (nSPS) is 16.9. The zero-order chi connectivity index (χ0) is 27.1. The summed E-state index contributed by atoms with van der Waals surface area (Å²) in [7, 11) is 1.50. The van der Waals surface area contributed by atoms with Gasteiger partial charge >= 0.3 is 5.91 Å². The summed E-state index contributed by atoms with van der Waals surface area (Å²) in [5, 5.41) is 11.7. The van der Waals surface area contributed by atoms with Gasteiger partial charge in [-0.3, -0.25) is 14.5 Å². The first-order chi connectivity index (χ1) is 18.2. The third kappa shape index (κ3) is 4.28. The number of nitrogens with zero attached hydrogens (tertiary/aromatic N) is 2. The van der Waals surface area contributed by atoms with Crippen LogP contribution < -0.4 is 14.4 Å². The number of thiazole rings is 1. The molecule has 1 saturated heterocycles. The van der Waals surface area contributed by atoms with Gasteiger partial charge in [0.15, 0.2) is 16.6 Å². The number of methoxy groups -OCH3 is 1. The summed E-state index contributed by atoms with van der Waals surface area (Å²) in [5.41, 5.74) is 3.03. The van der Waals surface area contributed by atoms with E-state index in [-0.39, 0.29) is 16.5 Å². The molecule has 1 N–H and O–H groups in total. The molecule has 0 spiro atoms. The van der Waals surface area contributed by atoms with Crippen molar-refractivity contribution in [3.63, 3.8) is 0 Å². The molecule has 5 rings (SSSR count). The van der Waals surface area contributed by atoms with Crippen LogP contribution in [0.5, 0.6) is 11.5 Å². The van der Waals surface area contributed by atoms with Gasteiger partial charge in [0.05, 0.1) is 35.5 Å². The number of hydrogen-bond donors (Lipinski definition) is 1. The fourth-order valence-corrected chi connectivity index (χ4v) is 5.62. The Kier molecular flexibility index (Phi) is 6.62. The molecule has 7 nitrogen and oxygen atoms in total. The predicted octanol–water partition coefficient (Wildman–Crippen LogP) is 6.09. The van der Waals surface area contributed by atoms with Crippen molar-refractivity contribution < 1.29 is 28.6 Å². The van der Waals surface area contributed by atoms with Crippen molar-refractivity contribution in [1.29, 1.82) is 0 Å². The van der Waals surface area contributed by atoms with E-state index in [0.29, 0.717) is 39.4 Å². The monoisotopic (exact) mass is 532 g/mol. The Hall–Kier alpha value is -4.24. The highest BCUT2D eigenvalue weighted by atomic mass is 32.1. The topological polar surface area (TPSA) is 89.0 Å². The first kappa shape index (κ1) is 25.4. The zero-order valence-corrected chi connectivity index (χ0v) is 22.1. The third-order valence-corrected chi connectivity index (χ3v) is 7.46. The molecule has 1 fully saturated rings. The quantitative estimate of drug-likeness (QED) is 0.184. The number of aliphatic hydroxyl groups excluding tert-OH is 1. The number of anilines is 1. The molecule has 2 heterocycles. The number of Topliss-reactive ketones (excluding diaryl/α,β-unsaturated/α-hetero) is 1. The molecular formula is C29H25FN2O5S. The second-order valence-corrected chi connectivity index (χ2v) is 9.95. The van der Waals surface area contributed by atoms with Crippen LogP contribution in [0.2, 0.25) is 0 Å². The highest BCUT2D eigenvalue weighted by Gasteiger charge is 2.48.